The molecular formula is C23H28N4O4. The predicted octanol–water partition coefficient (Wildman–Crippen LogP) is 3.11. The lowest BCUT2D eigenvalue weighted by Crippen LogP contribution is -2.32. The molecular weight excluding hydrogens is 396 g/mol. The third-order valence-electron chi connectivity index (χ3n) is 5.57. The van der Waals surface area contributed by atoms with E-state index in [-0.39, 0.29) is 11.2 Å². The molecule has 8 heteroatoms. The normalized spacial score (nSPS) is 11.9. The highest BCUT2D eigenvalue weighted by Crippen LogP contribution is 2.18. The van der Waals surface area contributed by atoms with E-state index >= 15 is 0 Å². The average molecular weight is 425 g/mol. The zero-order chi connectivity index (χ0) is 22.9. The second-order valence-corrected chi connectivity index (χ2v) is 7.50. The van der Waals surface area contributed by atoms with Crippen molar-refractivity contribution < 1.29 is 14.3 Å². The molecule has 0 fully saturated rings. The summed E-state index contributed by atoms with van der Waals surface area (Å²) in [5.41, 5.74) is 3.25. The fraction of sp³-hybridized carbons (Fsp3) is 0.348. The van der Waals surface area contributed by atoms with Gasteiger partial charge >= 0.3 is 5.97 Å². The first-order valence-corrected chi connectivity index (χ1v) is 10.2. The Kier molecular flexibility index (Phi) is 6.19. The van der Waals surface area contributed by atoms with E-state index in [0.717, 1.165) is 17.9 Å². The molecule has 0 saturated carbocycles. The maximum Gasteiger partial charge on any atom is 0.340 e. The Morgan fingerprint density at radius 1 is 1.10 bits per heavy atom. The molecule has 1 N–H and O–H groups in total. The van der Waals surface area contributed by atoms with Crippen LogP contribution in [0.1, 0.15) is 41.3 Å². The number of nitrogens with zero attached hydrogens (tertiary/aromatic N) is 3. The molecule has 0 bridgehead atoms. The molecule has 3 aromatic rings. The Bertz CT molecular complexity index is 1180. The van der Waals surface area contributed by atoms with Gasteiger partial charge in [0.05, 0.1) is 16.9 Å². The minimum atomic E-state index is -1.07. The Morgan fingerprint density at radius 3 is 2.32 bits per heavy atom. The van der Waals surface area contributed by atoms with Crippen molar-refractivity contribution in [2.24, 2.45) is 7.05 Å². The average Bonchev–Trinajstić information content (AvgIpc) is 3.15. The molecule has 1 aromatic carbocycles. The van der Waals surface area contributed by atoms with Gasteiger partial charge in [0.1, 0.15) is 5.69 Å². The number of hydrogen-bond acceptors (Lipinski definition) is 4. The number of hydrogen-bond donors (Lipinski definition) is 1. The topological polar surface area (TPSA) is 87.3 Å². The second-order valence-electron chi connectivity index (χ2n) is 7.50. The number of anilines is 1. The zero-order valence-electron chi connectivity index (χ0n) is 18.7. The van der Waals surface area contributed by atoms with Gasteiger partial charge in [-0.1, -0.05) is 18.2 Å². The summed E-state index contributed by atoms with van der Waals surface area (Å²) in [6.07, 6.45) is -1.07. The second kappa shape index (κ2) is 8.67. The molecule has 1 unspecified atom stereocenters. The summed E-state index contributed by atoms with van der Waals surface area (Å²) in [5.74, 6) is -1.13. The third-order valence-corrected chi connectivity index (χ3v) is 5.57. The van der Waals surface area contributed by atoms with Crippen molar-refractivity contribution in [2.75, 3.05) is 5.32 Å². The van der Waals surface area contributed by atoms with E-state index in [1.807, 2.05) is 55.7 Å². The molecule has 2 heterocycles. The fourth-order valence-corrected chi connectivity index (χ4v) is 3.71. The molecule has 2 aromatic heterocycles. The van der Waals surface area contributed by atoms with Crippen LogP contribution < -0.4 is 10.9 Å². The Balaban J connectivity index is 1.79. The van der Waals surface area contributed by atoms with Crippen LogP contribution in [0.5, 0.6) is 0 Å². The van der Waals surface area contributed by atoms with E-state index in [1.165, 1.54) is 11.6 Å². The number of carbonyl (C=O) groups is 2. The van der Waals surface area contributed by atoms with Gasteiger partial charge in [0.25, 0.3) is 11.5 Å². The summed E-state index contributed by atoms with van der Waals surface area (Å²) in [6, 6.07) is 10.9. The molecule has 0 aliphatic heterocycles. The molecule has 8 nitrogen and oxygen atoms in total. The number of para-hydroxylation sites is 1. The van der Waals surface area contributed by atoms with Gasteiger partial charge in [-0.2, -0.15) is 0 Å². The highest BCUT2D eigenvalue weighted by molar-refractivity contribution is 5.98. The van der Waals surface area contributed by atoms with Crippen molar-refractivity contribution >= 4 is 17.6 Å². The minimum Gasteiger partial charge on any atom is -0.449 e. The maximum atomic E-state index is 12.9. The van der Waals surface area contributed by atoms with Crippen LogP contribution in [0.25, 0.3) is 5.69 Å². The van der Waals surface area contributed by atoms with Crippen LogP contribution >= 0.6 is 0 Å². The van der Waals surface area contributed by atoms with E-state index in [9.17, 15) is 14.4 Å². The van der Waals surface area contributed by atoms with Crippen LogP contribution in [0, 0.1) is 20.8 Å². The first-order valence-electron chi connectivity index (χ1n) is 10.2. The fourth-order valence-electron chi connectivity index (χ4n) is 3.71. The minimum absolute atomic E-state index is 0.156. The van der Waals surface area contributed by atoms with Crippen LogP contribution in [0.2, 0.25) is 0 Å². The van der Waals surface area contributed by atoms with E-state index in [1.54, 1.807) is 24.7 Å². The summed E-state index contributed by atoms with van der Waals surface area (Å²) in [5, 5.41) is 2.63. The highest BCUT2D eigenvalue weighted by Gasteiger charge is 2.25. The summed E-state index contributed by atoms with van der Waals surface area (Å²) in [4.78, 5) is 38.3. The number of nitrogens with one attached hydrogen (secondary N) is 1. The van der Waals surface area contributed by atoms with Gasteiger partial charge in [0.2, 0.25) is 0 Å². The first kappa shape index (κ1) is 22.1. The van der Waals surface area contributed by atoms with E-state index in [0.29, 0.717) is 16.9 Å². The molecule has 31 heavy (non-hydrogen) atoms. The van der Waals surface area contributed by atoms with Crippen molar-refractivity contribution in [1.82, 2.24) is 13.9 Å². The van der Waals surface area contributed by atoms with Crippen LogP contribution in [0.15, 0.2) is 41.2 Å². The number of rotatable bonds is 6. The molecule has 3 rings (SSSR count). The van der Waals surface area contributed by atoms with Gasteiger partial charge in [-0.25, -0.2) is 9.48 Å². The number of esters is 1. The Hall–Kier alpha value is -3.55. The summed E-state index contributed by atoms with van der Waals surface area (Å²) in [6.45, 7) is 9.72. The lowest BCUT2D eigenvalue weighted by molar-refractivity contribution is -0.123. The van der Waals surface area contributed by atoms with Crippen molar-refractivity contribution in [2.45, 2.75) is 47.3 Å². The van der Waals surface area contributed by atoms with Gasteiger partial charge in [0, 0.05) is 25.0 Å². The van der Waals surface area contributed by atoms with Crippen LogP contribution in [0.4, 0.5) is 5.69 Å². The van der Waals surface area contributed by atoms with Gasteiger partial charge in [-0.3, -0.25) is 14.3 Å². The van der Waals surface area contributed by atoms with Gasteiger partial charge < -0.3 is 14.6 Å². The predicted molar refractivity (Wildman–Crippen MR) is 119 cm³/mol. The van der Waals surface area contributed by atoms with E-state index in [2.05, 4.69) is 5.32 Å². The molecule has 1 amide bonds. The Morgan fingerprint density at radius 2 is 1.74 bits per heavy atom. The monoisotopic (exact) mass is 424 g/mol. The zero-order valence-corrected chi connectivity index (χ0v) is 18.7. The highest BCUT2D eigenvalue weighted by atomic mass is 16.5. The summed E-state index contributed by atoms with van der Waals surface area (Å²) >= 11 is 0. The molecule has 0 aliphatic rings. The van der Waals surface area contributed by atoms with Crippen LogP contribution in [-0.2, 0) is 23.1 Å². The van der Waals surface area contributed by atoms with Gasteiger partial charge in [-0.15, -0.1) is 0 Å². The molecule has 164 valence electrons. The van der Waals surface area contributed by atoms with Crippen molar-refractivity contribution in [3.8, 4) is 5.69 Å². The van der Waals surface area contributed by atoms with Crippen molar-refractivity contribution in [1.29, 1.82) is 0 Å². The standard InChI is InChI=1S/C23H28N4O4/c1-7-26-14(2)13-19(15(26)3)23(30)31-17(5)21(28)24-20-16(4)25(6)27(22(20)29)18-11-9-8-10-12-18/h8-13,17H,7H2,1-6H3,(H,24,28). The first-order chi connectivity index (χ1) is 14.7. The number of benzene rings is 1. The van der Waals surface area contributed by atoms with Gasteiger partial charge in [0.15, 0.2) is 6.10 Å². The molecule has 0 aliphatic carbocycles. The van der Waals surface area contributed by atoms with Crippen LogP contribution in [0.3, 0.4) is 0 Å². The SMILES string of the molecule is CCn1c(C)cc(C(=O)OC(C)C(=O)Nc2c(C)n(C)n(-c3ccccc3)c2=O)c1C. The van der Waals surface area contributed by atoms with E-state index in [4.69, 9.17) is 4.74 Å². The summed E-state index contributed by atoms with van der Waals surface area (Å²) < 4.78 is 10.5. The maximum absolute atomic E-state index is 12.9. The number of ether oxygens (including phenoxy) is 1. The lowest BCUT2D eigenvalue weighted by atomic mass is 10.2. The smallest absolute Gasteiger partial charge is 0.340 e. The quantitative estimate of drug-likeness (QED) is 0.616. The number of aryl methyl sites for hydroxylation is 1. The van der Waals surface area contributed by atoms with Crippen molar-refractivity contribution in [3.63, 3.8) is 0 Å². The largest absolute Gasteiger partial charge is 0.449 e. The molecule has 0 spiro atoms. The number of amides is 1. The third kappa shape index (κ3) is 4.05. The number of aromatic nitrogens is 3. The lowest BCUT2D eigenvalue weighted by Gasteiger charge is -2.13. The van der Waals surface area contributed by atoms with Gasteiger partial charge in [-0.05, 0) is 52.8 Å². The number of carbonyl (C=O) groups excluding carboxylic acids is 2. The Labute approximate surface area is 181 Å². The molecule has 0 radical (unpaired) electrons. The van der Waals surface area contributed by atoms with E-state index < -0.39 is 18.0 Å². The summed E-state index contributed by atoms with van der Waals surface area (Å²) in [7, 11) is 1.74. The molecule has 0 saturated heterocycles. The van der Waals surface area contributed by atoms with Crippen LogP contribution in [-0.4, -0.2) is 31.9 Å². The van der Waals surface area contributed by atoms with Crippen molar-refractivity contribution in [3.05, 3.63) is 69.4 Å². The molecule has 1 atom stereocenters.